The Labute approximate surface area is 107 Å². The molecule has 0 unspecified atom stereocenters. The van der Waals surface area contributed by atoms with Crippen molar-refractivity contribution in [2.45, 2.75) is 18.3 Å². The quantitative estimate of drug-likeness (QED) is 0.844. The summed E-state index contributed by atoms with van der Waals surface area (Å²) in [7, 11) is 0. The lowest BCUT2D eigenvalue weighted by molar-refractivity contribution is 0.155. The van der Waals surface area contributed by atoms with Crippen LogP contribution in [0.25, 0.3) is 10.9 Å². The highest BCUT2D eigenvalue weighted by molar-refractivity contribution is 5.78. The van der Waals surface area contributed by atoms with Crippen molar-refractivity contribution in [2.75, 3.05) is 19.7 Å². The summed E-state index contributed by atoms with van der Waals surface area (Å²) in [6.07, 6.45) is 1.91. The van der Waals surface area contributed by atoms with Crippen LogP contribution in [0, 0.1) is 0 Å². The molecule has 0 radical (unpaired) electrons. The van der Waals surface area contributed by atoms with Crippen LogP contribution >= 0.6 is 0 Å². The maximum atomic E-state index is 9.80. The second kappa shape index (κ2) is 4.67. The van der Waals surface area contributed by atoms with Crippen LogP contribution in [-0.2, 0) is 5.41 Å². The molecule has 0 amide bonds. The average Bonchev–Trinajstić information content (AvgIpc) is 2.47. The molecule has 1 aromatic heterocycles. The van der Waals surface area contributed by atoms with Crippen molar-refractivity contribution in [3.05, 3.63) is 42.1 Å². The summed E-state index contributed by atoms with van der Waals surface area (Å²) >= 11 is 0. The van der Waals surface area contributed by atoms with E-state index in [4.69, 9.17) is 4.98 Å². The lowest BCUT2D eigenvalue weighted by Gasteiger charge is -2.35. The summed E-state index contributed by atoms with van der Waals surface area (Å²) in [5, 5.41) is 14.3. The van der Waals surface area contributed by atoms with Gasteiger partial charge in [0.2, 0.25) is 0 Å². The fraction of sp³-hybridized carbons (Fsp3) is 0.400. The Kier molecular flexibility index (Phi) is 3.02. The number of para-hydroxylation sites is 1. The number of nitrogens with one attached hydrogen (secondary N) is 1. The predicted octanol–water partition coefficient (Wildman–Crippen LogP) is 1.85. The monoisotopic (exact) mass is 242 g/mol. The van der Waals surface area contributed by atoms with Gasteiger partial charge in [0.1, 0.15) is 0 Å². The van der Waals surface area contributed by atoms with Gasteiger partial charge in [-0.05, 0) is 38.1 Å². The third-order valence-corrected chi connectivity index (χ3v) is 4.01. The van der Waals surface area contributed by atoms with E-state index in [0.29, 0.717) is 0 Å². The Morgan fingerprint density at radius 1 is 1.11 bits per heavy atom. The minimum Gasteiger partial charge on any atom is -0.395 e. The molecule has 3 nitrogen and oxygen atoms in total. The Bertz CT molecular complexity index is 547. The number of nitrogens with zero attached hydrogens (tertiary/aromatic N) is 1. The number of pyridine rings is 1. The van der Waals surface area contributed by atoms with Crippen molar-refractivity contribution in [3.63, 3.8) is 0 Å². The number of fused-ring (bicyclic) bond motifs is 1. The number of aromatic nitrogens is 1. The highest BCUT2D eigenvalue weighted by Gasteiger charge is 2.34. The summed E-state index contributed by atoms with van der Waals surface area (Å²) in [5.41, 5.74) is 1.89. The van der Waals surface area contributed by atoms with Crippen LogP contribution in [0.15, 0.2) is 36.4 Å². The van der Waals surface area contributed by atoms with Crippen molar-refractivity contribution >= 4 is 10.9 Å². The number of hydrogen-bond donors (Lipinski definition) is 2. The van der Waals surface area contributed by atoms with E-state index in [0.717, 1.165) is 42.5 Å². The normalized spacial score (nSPS) is 18.9. The van der Waals surface area contributed by atoms with Gasteiger partial charge in [0.25, 0.3) is 0 Å². The first-order valence-corrected chi connectivity index (χ1v) is 6.52. The fourth-order valence-corrected chi connectivity index (χ4v) is 2.76. The number of aliphatic hydroxyl groups is 1. The molecule has 3 heteroatoms. The zero-order chi connectivity index (χ0) is 12.4. The number of hydrogen-bond acceptors (Lipinski definition) is 3. The van der Waals surface area contributed by atoms with Gasteiger partial charge in [-0.25, -0.2) is 0 Å². The minimum absolute atomic E-state index is 0.157. The number of piperidine rings is 1. The number of aliphatic hydroxyl groups excluding tert-OH is 1. The van der Waals surface area contributed by atoms with Crippen LogP contribution in [0.4, 0.5) is 0 Å². The van der Waals surface area contributed by atoms with E-state index in [9.17, 15) is 5.11 Å². The lowest BCUT2D eigenvalue weighted by Crippen LogP contribution is -2.43. The molecule has 18 heavy (non-hydrogen) atoms. The Morgan fingerprint density at radius 2 is 1.89 bits per heavy atom. The van der Waals surface area contributed by atoms with Gasteiger partial charge in [0.15, 0.2) is 0 Å². The molecule has 1 aliphatic heterocycles. The molecule has 1 saturated heterocycles. The molecule has 2 N–H and O–H groups in total. The van der Waals surface area contributed by atoms with Gasteiger partial charge in [-0.2, -0.15) is 0 Å². The maximum absolute atomic E-state index is 9.80. The number of rotatable bonds is 2. The molecule has 0 atom stereocenters. The summed E-state index contributed by atoms with van der Waals surface area (Å²) in [6.45, 7) is 2.09. The smallest absolute Gasteiger partial charge is 0.0705 e. The van der Waals surface area contributed by atoms with Crippen molar-refractivity contribution < 1.29 is 5.11 Å². The van der Waals surface area contributed by atoms with Crippen molar-refractivity contribution in [1.29, 1.82) is 0 Å². The predicted molar refractivity (Wildman–Crippen MR) is 72.6 cm³/mol. The zero-order valence-corrected chi connectivity index (χ0v) is 10.4. The first kappa shape index (κ1) is 11.6. The molecule has 0 saturated carbocycles. The summed E-state index contributed by atoms with van der Waals surface area (Å²) in [5.74, 6) is 0. The lowest BCUT2D eigenvalue weighted by atomic mass is 9.76. The number of benzene rings is 1. The molecule has 0 bridgehead atoms. The zero-order valence-electron chi connectivity index (χ0n) is 10.4. The highest BCUT2D eigenvalue weighted by atomic mass is 16.3. The van der Waals surface area contributed by atoms with E-state index in [2.05, 4.69) is 23.5 Å². The van der Waals surface area contributed by atoms with Gasteiger partial charge in [-0.15, -0.1) is 0 Å². The van der Waals surface area contributed by atoms with Gasteiger partial charge < -0.3 is 10.4 Å². The molecular weight excluding hydrogens is 224 g/mol. The highest BCUT2D eigenvalue weighted by Crippen LogP contribution is 2.32. The fourth-order valence-electron chi connectivity index (χ4n) is 2.76. The summed E-state index contributed by atoms with van der Waals surface area (Å²) in [4.78, 5) is 4.75. The van der Waals surface area contributed by atoms with Gasteiger partial charge in [-0.3, -0.25) is 4.98 Å². The Morgan fingerprint density at radius 3 is 2.67 bits per heavy atom. The van der Waals surface area contributed by atoms with E-state index in [1.807, 2.05) is 18.2 Å². The second-order valence-electron chi connectivity index (χ2n) is 5.08. The van der Waals surface area contributed by atoms with Crippen LogP contribution in [0.2, 0.25) is 0 Å². The molecule has 0 spiro atoms. The summed E-state index contributed by atoms with van der Waals surface area (Å²) < 4.78 is 0. The van der Waals surface area contributed by atoms with Crippen molar-refractivity contribution in [2.24, 2.45) is 0 Å². The molecule has 3 rings (SSSR count). The molecule has 1 aliphatic rings. The van der Waals surface area contributed by atoms with Crippen LogP contribution in [-0.4, -0.2) is 29.8 Å². The molecular formula is C15H18N2O. The van der Waals surface area contributed by atoms with E-state index in [1.54, 1.807) is 0 Å². The minimum atomic E-state index is -0.157. The van der Waals surface area contributed by atoms with E-state index >= 15 is 0 Å². The van der Waals surface area contributed by atoms with Crippen molar-refractivity contribution in [3.8, 4) is 0 Å². The van der Waals surface area contributed by atoms with E-state index in [1.165, 1.54) is 0 Å². The van der Waals surface area contributed by atoms with Crippen LogP contribution in [0.3, 0.4) is 0 Å². The maximum Gasteiger partial charge on any atom is 0.0705 e. The van der Waals surface area contributed by atoms with Gasteiger partial charge >= 0.3 is 0 Å². The third kappa shape index (κ3) is 1.89. The largest absolute Gasteiger partial charge is 0.395 e. The molecule has 2 aromatic rings. The topological polar surface area (TPSA) is 45.2 Å². The van der Waals surface area contributed by atoms with Crippen LogP contribution in [0.5, 0.6) is 0 Å². The molecule has 94 valence electrons. The molecule has 1 aromatic carbocycles. The second-order valence-corrected chi connectivity index (χ2v) is 5.08. The summed E-state index contributed by atoms with van der Waals surface area (Å²) in [6, 6.07) is 12.3. The average molecular weight is 242 g/mol. The van der Waals surface area contributed by atoms with Crippen LogP contribution in [0.1, 0.15) is 18.5 Å². The van der Waals surface area contributed by atoms with Gasteiger partial charge in [-0.1, -0.05) is 24.3 Å². The Balaban J connectivity index is 2.06. The van der Waals surface area contributed by atoms with Gasteiger partial charge in [0, 0.05) is 16.5 Å². The van der Waals surface area contributed by atoms with E-state index < -0.39 is 0 Å². The first-order valence-electron chi connectivity index (χ1n) is 6.52. The van der Waals surface area contributed by atoms with E-state index in [-0.39, 0.29) is 12.0 Å². The first-order chi connectivity index (χ1) is 8.84. The van der Waals surface area contributed by atoms with Crippen molar-refractivity contribution in [1.82, 2.24) is 10.3 Å². The SMILES string of the molecule is OCC1(c2ccc3ccccc3n2)CCNCC1. The Hall–Kier alpha value is -1.45. The third-order valence-electron chi connectivity index (χ3n) is 4.01. The molecule has 1 fully saturated rings. The standard InChI is InChI=1S/C15H18N2O/c18-11-15(7-9-16-10-8-15)14-6-5-12-3-1-2-4-13(12)17-14/h1-6,16,18H,7-11H2. The molecule has 2 heterocycles. The van der Waals surface area contributed by atoms with Crippen LogP contribution < -0.4 is 5.32 Å². The molecule has 0 aliphatic carbocycles. The van der Waals surface area contributed by atoms with Gasteiger partial charge in [0.05, 0.1) is 12.1 Å².